The summed E-state index contributed by atoms with van der Waals surface area (Å²) in [5.41, 5.74) is 0.497. The monoisotopic (exact) mass is 296 g/mol. The zero-order chi connectivity index (χ0) is 15.7. The van der Waals surface area contributed by atoms with Gasteiger partial charge in [0.05, 0.1) is 18.8 Å². The van der Waals surface area contributed by atoms with Gasteiger partial charge in [0.25, 0.3) is 0 Å². The number of phenols is 2. The third kappa shape index (κ3) is 4.61. The maximum absolute atomic E-state index is 10.2. The summed E-state index contributed by atoms with van der Waals surface area (Å²) < 4.78 is 12.0. The van der Waals surface area contributed by atoms with Crippen LogP contribution in [0.4, 0.5) is 0 Å². The van der Waals surface area contributed by atoms with Crippen molar-refractivity contribution in [1.29, 1.82) is 0 Å². The number of para-hydroxylation sites is 1. The lowest BCUT2D eigenvalue weighted by Gasteiger charge is -2.34. The smallest absolute Gasteiger partial charge is 0.198 e. The zero-order valence-electron chi connectivity index (χ0n) is 13.4. The minimum Gasteiger partial charge on any atom is -0.504 e. The Morgan fingerprint density at radius 2 is 1.52 bits per heavy atom. The summed E-state index contributed by atoms with van der Waals surface area (Å²) in [6.45, 7) is 7.28. The summed E-state index contributed by atoms with van der Waals surface area (Å²) in [6.07, 6.45) is 4.48. The zero-order valence-corrected chi connectivity index (χ0v) is 13.4. The molecule has 0 unspecified atom stereocenters. The molecule has 2 N–H and O–H groups in total. The molecule has 4 nitrogen and oxygen atoms in total. The van der Waals surface area contributed by atoms with Crippen LogP contribution >= 0.6 is 0 Å². The first-order chi connectivity index (χ1) is 10.1. The maximum Gasteiger partial charge on any atom is 0.198 e. The SMILES string of the molecule is CCCCOC(CC)(OCCCC)c1cccc(O)c1O. The fraction of sp³-hybridized carbons (Fsp3) is 0.647. The summed E-state index contributed by atoms with van der Waals surface area (Å²) in [5, 5.41) is 19.9. The number of ether oxygens (including phenoxy) is 2. The third-order valence-electron chi connectivity index (χ3n) is 3.56. The Hall–Kier alpha value is -1.26. The van der Waals surface area contributed by atoms with E-state index in [0.29, 0.717) is 25.2 Å². The lowest BCUT2D eigenvalue weighted by atomic mass is 10.0. The van der Waals surface area contributed by atoms with E-state index in [-0.39, 0.29) is 11.5 Å². The largest absolute Gasteiger partial charge is 0.504 e. The van der Waals surface area contributed by atoms with Crippen molar-refractivity contribution in [1.82, 2.24) is 0 Å². The summed E-state index contributed by atoms with van der Waals surface area (Å²) in [5.74, 6) is -1.30. The molecule has 0 fully saturated rings. The molecule has 1 aromatic carbocycles. The van der Waals surface area contributed by atoms with Gasteiger partial charge in [0.2, 0.25) is 0 Å². The predicted molar refractivity (Wildman–Crippen MR) is 83.5 cm³/mol. The molecule has 120 valence electrons. The molecule has 0 aliphatic carbocycles. The fourth-order valence-corrected chi connectivity index (χ4v) is 2.19. The number of unbranched alkanes of at least 4 members (excludes halogenated alkanes) is 2. The molecule has 1 rings (SSSR count). The van der Waals surface area contributed by atoms with Crippen LogP contribution in [-0.2, 0) is 15.3 Å². The molecule has 0 aromatic heterocycles. The molecule has 0 amide bonds. The number of rotatable bonds is 10. The van der Waals surface area contributed by atoms with Gasteiger partial charge in [0.1, 0.15) is 0 Å². The molecular formula is C17H28O4. The van der Waals surface area contributed by atoms with Crippen LogP contribution in [0.3, 0.4) is 0 Å². The standard InChI is InChI=1S/C17H28O4/c1-4-7-12-20-17(6-3,21-13-8-5-2)14-10-9-11-15(18)16(14)19/h9-11,18-19H,4-8,12-13H2,1-3H3. The molecular weight excluding hydrogens is 268 g/mol. The highest BCUT2D eigenvalue weighted by Gasteiger charge is 2.35. The van der Waals surface area contributed by atoms with Gasteiger partial charge in [-0.15, -0.1) is 0 Å². The van der Waals surface area contributed by atoms with Crippen LogP contribution in [-0.4, -0.2) is 23.4 Å². The summed E-state index contributed by atoms with van der Waals surface area (Å²) in [7, 11) is 0. The second-order valence-electron chi connectivity index (χ2n) is 5.18. The van der Waals surface area contributed by atoms with Crippen molar-refractivity contribution in [2.24, 2.45) is 0 Å². The Morgan fingerprint density at radius 3 is 2.00 bits per heavy atom. The van der Waals surface area contributed by atoms with Gasteiger partial charge in [-0.3, -0.25) is 0 Å². The van der Waals surface area contributed by atoms with E-state index in [9.17, 15) is 10.2 Å². The fourth-order valence-electron chi connectivity index (χ4n) is 2.19. The number of benzene rings is 1. The highest BCUT2D eigenvalue weighted by Crippen LogP contribution is 2.41. The Labute approximate surface area is 127 Å². The van der Waals surface area contributed by atoms with Gasteiger partial charge >= 0.3 is 0 Å². The highest BCUT2D eigenvalue weighted by molar-refractivity contribution is 5.46. The van der Waals surface area contributed by atoms with Crippen molar-refractivity contribution in [3.63, 3.8) is 0 Å². The van der Waals surface area contributed by atoms with Gasteiger partial charge in [-0.2, -0.15) is 0 Å². The average molecular weight is 296 g/mol. The van der Waals surface area contributed by atoms with E-state index in [1.54, 1.807) is 12.1 Å². The Kier molecular flexibility index (Phi) is 7.54. The topological polar surface area (TPSA) is 58.9 Å². The third-order valence-corrected chi connectivity index (χ3v) is 3.56. The van der Waals surface area contributed by atoms with Gasteiger partial charge < -0.3 is 19.7 Å². The molecule has 1 aromatic rings. The average Bonchev–Trinajstić information content (AvgIpc) is 2.49. The first-order valence-corrected chi connectivity index (χ1v) is 7.90. The van der Waals surface area contributed by atoms with Crippen molar-refractivity contribution >= 4 is 0 Å². The van der Waals surface area contributed by atoms with E-state index >= 15 is 0 Å². The number of hydrogen-bond acceptors (Lipinski definition) is 4. The molecule has 0 heterocycles. The first-order valence-electron chi connectivity index (χ1n) is 7.90. The van der Waals surface area contributed by atoms with Crippen molar-refractivity contribution in [2.75, 3.05) is 13.2 Å². The van der Waals surface area contributed by atoms with Crippen molar-refractivity contribution < 1.29 is 19.7 Å². The lowest BCUT2D eigenvalue weighted by Crippen LogP contribution is -2.33. The molecule has 0 saturated carbocycles. The summed E-state index contributed by atoms with van der Waals surface area (Å²) >= 11 is 0. The second kappa shape index (κ2) is 8.90. The van der Waals surface area contributed by atoms with Crippen LogP contribution < -0.4 is 0 Å². The van der Waals surface area contributed by atoms with Crippen LogP contribution in [0.15, 0.2) is 18.2 Å². The minimum atomic E-state index is -0.993. The van der Waals surface area contributed by atoms with Crippen LogP contribution in [0.1, 0.15) is 58.4 Å². The maximum atomic E-state index is 10.2. The molecule has 0 atom stereocenters. The van der Waals surface area contributed by atoms with Gasteiger partial charge in [-0.25, -0.2) is 0 Å². The van der Waals surface area contributed by atoms with Gasteiger partial charge in [-0.1, -0.05) is 39.7 Å². The molecule has 0 radical (unpaired) electrons. The van der Waals surface area contributed by atoms with E-state index < -0.39 is 5.79 Å². The van der Waals surface area contributed by atoms with Crippen molar-refractivity contribution in [3.8, 4) is 11.5 Å². The second-order valence-corrected chi connectivity index (χ2v) is 5.18. The van der Waals surface area contributed by atoms with Crippen LogP contribution in [0.2, 0.25) is 0 Å². The van der Waals surface area contributed by atoms with Crippen molar-refractivity contribution in [2.45, 2.75) is 58.7 Å². The summed E-state index contributed by atoms with van der Waals surface area (Å²) in [4.78, 5) is 0. The highest BCUT2D eigenvalue weighted by atomic mass is 16.7. The number of hydrogen-bond donors (Lipinski definition) is 2. The predicted octanol–water partition coefficient (Wildman–Crippen LogP) is 4.29. The summed E-state index contributed by atoms with van der Waals surface area (Å²) in [6, 6.07) is 4.90. The van der Waals surface area contributed by atoms with E-state index in [0.717, 1.165) is 25.7 Å². The Morgan fingerprint density at radius 1 is 0.952 bits per heavy atom. The quantitative estimate of drug-likeness (QED) is 0.384. The Balaban J connectivity index is 3.04. The molecule has 0 spiro atoms. The van der Waals surface area contributed by atoms with E-state index in [1.807, 2.05) is 6.92 Å². The number of phenolic OH excluding ortho intramolecular Hbond substituents is 2. The van der Waals surface area contributed by atoms with Gasteiger partial charge in [0, 0.05) is 6.42 Å². The van der Waals surface area contributed by atoms with Gasteiger partial charge in [0.15, 0.2) is 17.3 Å². The van der Waals surface area contributed by atoms with Crippen LogP contribution in [0.5, 0.6) is 11.5 Å². The molecule has 0 aliphatic heterocycles. The van der Waals surface area contributed by atoms with E-state index in [4.69, 9.17) is 9.47 Å². The molecule has 0 saturated heterocycles. The minimum absolute atomic E-state index is 0.150. The first kappa shape index (κ1) is 17.8. The van der Waals surface area contributed by atoms with E-state index in [2.05, 4.69) is 13.8 Å². The van der Waals surface area contributed by atoms with E-state index in [1.165, 1.54) is 6.07 Å². The van der Waals surface area contributed by atoms with Crippen LogP contribution in [0, 0.1) is 0 Å². The molecule has 0 aliphatic rings. The normalized spacial score (nSPS) is 11.8. The van der Waals surface area contributed by atoms with Crippen LogP contribution in [0.25, 0.3) is 0 Å². The molecule has 21 heavy (non-hydrogen) atoms. The lowest BCUT2D eigenvalue weighted by molar-refractivity contribution is -0.250. The number of aromatic hydroxyl groups is 2. The van der Waals surface area contributed by atoms with Gasteiger partial charge in [-0.05, 0) is 25.0 Å². The molecule has 0 bridgehead atoms. The molecule has 4 heteroatoms. The Bertz CT molecular complexity index is 407. The van der Waals surface area contributed by atoms with Crippen molar-refractivity contribution in [3.05, 3.63) is 23.8 Å².